The minimum Gasteiger partial charge on any atom is -0.444 e. The number of ether oxygens (including phenoxy) is 1. The molecule has 0 atom stereocenters. The molecule has 0 spiro atoms. The zero-order chi connectivity index (χ0) is 28.1. The number of carbonyl (C=O) groups excluding carboxylic acids is 1. The number of halogens is 4. The predicted octanol–water partition coefficient (Wildman–Crippen LogP) is 5.77. The number of hydrogen-bond acceptors (Lipinski definition) is 6. The number of hydrogen-bond donors (Lipinski definition) is 0. The van der Waals surface area contributed by atoms with Gasteiger partial charge in [0.15, 0.2) is 0 Å². The molecule has 1 aromatic heterocycles. The first-order chi connectivity index (χ1) is 18.3. The number of alkyl halides is 3. The van der Waals surface area contributed by atoms with Gasteiger partial charge in [-0.1, -0.05) is 12.1 Å². The van der Waals surface area contributed by atoms with Crippen molar-refractivity contribution in [1.29, 1.82) is 0 Å². The smallest absolute Gasteiger partial charge is 0.417 e. The summed E-state index contributed by atoms with van der Waals surface area (Å²) in [6, 6.07) is 5.97. The normalized spacial score (nSPS) is 16.4. The first kappa shape index (κ1) is 27.3. The van der Waals surface area contributed by atoms with Crippen molar-refractivity contribution in [2.75, 3.05) is 36.8 Å². The van der Waals surface area contributed by atoms with Gasteiger partial charge in [0.2, 0.25) is 0 Å². The second kappa shape index (κ2) is 10.0. The largest absolute Gasteiger partial charge is 0.444 e. The highest BCUT2D eigenvalue weighted by Gasteiger charge is 2.38. The molecule has 0 saturated carbocycles. The Hall–Kier alpha value is -3.28. The fraction of sp³-hybridized carbons (Fsp3) is 0.444. The SMILES string of the molecule is CC(C)(C)OC(=O)N1CCN(c2nc(=O)n3c4c(c(-c5ccc(F)cc5)c(C(F)(F)F)cc24)SCCC3)CC1. The molecule has 3 heterocycles. The first-order valence-corrected chi connectivity index (χ1v) is 13.6. The third-order valence-electron chi connectivity index (χ3n) is 6.64. The maximum absolute atomic E-state index is 14.6. The van der Waals surface area contributed by atoms with Crippen molar-refractivity contribution in [3.63, 3.8) is 0 Å². The molecule has 1 saturated heterocycles. The maximum Gasteiger partial charge on any atom is 0.417 e. The zero-order valence-corrected chi connectivity index (χ0v) is 22.6. The van der Waals surface area contributed by atoms with Gasteiger partial charge in [0.05, 0.1) is 11.1 Å². The van der Waals surface area contributed by atoms with Crippen LogP contribution in [0.15, 0.2) is 40.0 Å². The van der Waals surface area contributed by atoms with E-state index in [1.165, 1.54) is 33.4 Å². The standard InChI is InChI=1S/C27H28F4N4O3S/c1-26(2,3)38-25(37)34-12-10-33(11-13-34)23-18-15-19(27(29,30)31)20(16-5-7-17(28)8-6-16)22-21(18)35(24(36)32-23)9-4-14-39-22/h5-8,15H,4,9-14H2,1-3H3. The van der Waals surface area contributed by atoms with Gasteiger partial charge in [0.1, 0.15) is 17.2 Å². The van der Waals surface area contributed by atoms with Gasteiger partial charge in [0.25, 0.3) is 0 Å². The molecule has 2 aromatic carbocycles. The van der Waals surface area contributed by atoms with E-state index < -0.39 is 34.9 Å². The third-order valence-corrected chi connectivity index (χ3v) is 7.82. The average molecular weight is 565 g/mol. The van der Waals surface area contributed by atoms with E-state index in [9.17, 15) is 27.2 Å². The number of amides is 1. The molecule has 208 valence electrons. The molecule has 39 heavy (non-hydrogen) atoms. The van der Waals surface area contributed by atoms with Crippen molar-refractivity contribution in [1.82, 2.24) is 14.5 Å². The number of carbonyl (C=O) groups is 1. The Bertz CT molecular complexity index is 1470. The minimum absolute atomic E-state index is 0.0676. The van der Waals surface area contributed by atoms with Gasteiger partial charge < -0.3 is 14.5 Å². The number of aryl methyl sites for hydroxylation is 1. The Balaban J connectivity index is 1.66. The lowest BCUT2D eigenvalue weighted by Crippen LogP contribution is -2.50. The van der Waals surface area contributed by atoms with Crippen LogP contribution in [0.25, 0.3) is 22.0 Å². The van der Waals surface area contributed by atoms with Crippen LogP contribution in [0.4, 0.5) is 28.2 Å². The summed E-state index contributed by atoms with van der Waals surface area (Å²) in [6.45, 7) is 6.71. The fourth-order valence-electron chi connectivity index (χ4n) is 4.93. The number of anilines is 1. The van der Waals surface area contributed by atoms with E-state index in [1.807, 2.05) is 0 Å². The van der Waals surface area contributed by atoms with Crippen LogP contribution in [0, 0.1) is 5.82 Å². The van der Waals surface area contributed by atoms with E-state index in [-0.39, 0.29) is 48.5 Å². The fourth-order valence-corrected chi connectivity index (χ4v) is 6.14. The van der Waals surface area contributed by atoms with Crippen LogP contribution < -0.4 is 10.6 Å². The molecule has 0 aliphatic carbocycles. The third kappa shape index (κ3) is 5.43. The van der Waals surface area contributed by atoms with E-state index in [1.54, 1.807) is 25.7 Å². The minimum atomic E-state index is -4.71. The number of rotatable bonds is 2. The van der Waals surface area contributed by atoms with Gasteiger partial charge in [-0.3, -0.25) is 4.57 Å². The molecule has 5 rings (SSSR count). The Morgan fingerprint density at radius 1 is 1.03 bits per heavy atom. The van der Waals surface area contributed by atoms with Gasteiger partial charge in [0, 0.05) is 48.6 Å². The van der Waals surface area contributed by atoms with Crippen LogP contribution in [-0.2, 0) is 17.5 Å². The average Bonchev–Trinajstić information content (AvgIpc) is 3.09. The van der Waals surface area contributed by atoms with Gasteiger partial charge in [-0.15, -0.1) is 11.8 Å². The summed E-state index contributed by atoms with van der Waals surface area (Å²) in [6.07, 6.45) is -4.61. The van der Waals surface area contributed by atoms with Gasteiger partial charge >= 0.3 is 18.0 Å². The number of benzene rings is 2. The first-order valence-electron chi connectivity index (χ1n) is 12.6. The van der Waals surface area contributed by atoms with Crippen LogP contribution in [0.2, 0.25) is 0 Å². The lowest BCUT2D eigenvalue weighted by atomic mass is 9.96. The highest BCUT2D eigenvalue weighted by Crippen LogP contribution is 2.48. The van der Waals surface area contributed by atoms with Crippen molar-refractivity contribution in [2.24, 2.45) is 0 Å². The number of piperazine rings is 1. The molecule has 2 aliphatic rings. The van der Waals surface area contributed by atoms with Crippen LogP contribution in [-0.4, -0.2) is 58.1 Å². The summed E-state index contributed by atoms with van der Waals surface area (Å²) in [5, 5.41) is 0.225. The molecule has 1 fully saturated rings. The molecule has 1 amide bonds. The highest BCUT2D eigenvalue weighted by molar-refractivity contribution is 7.99. The van der Waals surface area contributed by atoms with Crippen LogP contribution >= 0.6 is 11.8 Å². The van der Waals surface area contributed by atoms with Crippen molar-refractivity contribution in [2.45, 2.75) is 50.4 Å². The van der Waals surface area contributed by atoms with Crippen molar-refractivity contribution < 1.29 is 27.1 Å². The quantitative estimate of drug-likeness (QED) is 0.368. The molecular formula is C27H28F4N4O3S. The molecule has 7 nitrogen and oxygen atoms in total. The lowest BCUT2D eigenvalue weighted by Gasteiger charge is -2.36. The predicted molar refractivity (Wildman–Crippen MR) is 142 cm³/mol. The monoisotopic (exact) mass is 564 g/mol. The van der Waals surface area contributed by atoms with Crippen molar-refractivity contribution in [3.8, 4) is 11.1 Å². The number of nitrogens with zero attached hydrogens (tertiary/aromatic N) is 4. The Labute approximate surface area is 226 Å². The Morgan fingerprint density at radius 3 is 2.31 bits per heavy atom. The van der Waals surface area contributed by atoms with Crippen LogP contribution in [0.5, 0.6) is 0 Å². The van der Waals surface area contributed by atoms with Crippen LogP contribution in [0.3, 0.4) is 0 Å². The van der Waals surface area contributed by atoms with Crippen molar-refractivity contribution >= 4 is 34.6 Å². The van der Waals surface area contributed by atoms with Gasteiger partial charge in [-0.05, 0) is 56.7 Å². The second-order valence-corrected chi connectivity index (χ2v) is 11.7. The molecule has 0 unspecified atom stereocenters. The summed E-state index contributed by atoms with van der Waals surface area (Å²) in [4.78, 5) is 33.6. The molecular weight excluding hydrogens is 536 g/mol. The number of thioether (sulfide) groups is 1. The Morgan fingerprint density at radius 2 is 1.69 bits per heavy atom. The second-order valence-electron chi connectivity index (χ2n) is 10.6. The summed E-state index contributed by atoms with van der Waals surface area (Å²) >= 11 is 1.26. The summed E-state index contributed by atoms with van der Waals surface area (Å²) < 4.78 is 64.2. The summed E-state index contributed by atoms with van der Waals surface area (Å²) in [5.41, 5.74) is -1.52. The van der Waals surface area contributed by atoms with E-state index >= 15 is 0 Å². The lowest BCUT2D eigenvalue weighted by molar-refractivity contribution is -0.137. The Kier molecular flexibility index (Phi) is 7.02. The zero-order valence-electron chi connectivity index (χ0n) is 21.8. The van der Waals surface area contributed by atoms with Crippen LogP contribution in [0.1, 0.15) is 32.8 Å². The van der Waals surface area contributed by atoms with Gasteiger partial charge in [-0.25, -0.2) is 14.0 Å². The van der Waals surface area contributed by atoms with E-state index in [4.69, 9.17) is 4.74 Å². The molecule has 12 heteroatoms. The maximum atomic E-state index is 14.6. The van der Waals surface area contributed by atoms with Gasteiger partial charge in [-0.2, -0.15) is 18.2 Å². The molecule has 2 aliphatic heterocycles. The summed E-state index contributed by atoms with van der Waals surface area (Å²) in [5.74, 6) is 0.117. The molecule has 3 aromatic rings. The van der Waals surface area contributed by atoms with Crippen molar-refractivity contribution in [3.05, 3.63) is 52.2 Å². The summed E-state index contributed by atoms with van der Waals surface area (Å²) in [7, 11) is 0. The molecule has 0 N–H and O–H groups in total. The van der Waals surface area contributed by atoms with E-state index in [0.717, 1.165) is 18.2 Å². The van der Waals surface area contributed by atoms with E-state index in [2.05, 4.69) is 4.98 Å². The van der Waals surface area contributed by atoms with E-state index in [0.29, 0.717) is 29.1 Å². The molecule has 0 bridgehead atoms. The molecule has 0 radical (unpaired) electrons. The highest BCUT2D eigenvalue weighted by atomic mass is 32.2. The number of aromatic nitrogens is 2. The topological polar surface area (TPSA) is 67.7 Å².